The van der Waals surface area contributed by atoms with Crippen molar-refractivity contribution in [2.45, 2.75) is 31.3 Å². The fourth-order valence-electron chi connectivity index (χ4n) is 3.07. The Balaban J connectivity index is 1.75. The Morgan fingerprint density at radius 2 is 1.76 bits per heavy atom. The average Bonchev–Trinajstić information content (AvgIpc) is 2.73. The summed E-state index contributed by atoms with van der Waals surface area (Å²) in [5, 5.41) is 2.76. The lowest BCUT2D eigenvalue weighted by Gasteiger charge is -2.14. The molecule has 0 saturated heterocycles. The highest BCUT2D eigenvalue weighted by atomic mass is 32.2. The van der Waals surface area contributed by atoms with Gasteiger partial charge in [0.1, 0.15) is 17.3 Å². The van der Waals surface area contributed by atoms with E-state index in [9.17, 15) is 17.6 Å². The molecule has 2 N–H and O–H groups in total. The number of anilines is 2. The first-order chi connectivity index (χ1) is 15.7. The molecule has 3 rings (SSSR count). The Labute approximate surface area is 192 Å². The largest absolute Gasteiger partial charge is 0.495 e. The first-order valence-electron chi connectivity index (χ1n) is 10.2. The molecule has 0 saturated carbocycles. The number of rotatable bonds is 9. The molecule has 0 aliphatic heterocycles. The van der Waals surface area contributed by atoms with Gasteiger partial charge in [-0.1, -0.05) is 12.1 Å². The smallest absolute Gasteiger partial charge is 0.262 e. The number of amides is 1. The molecule has 0 aliphatic rings. The summed E-state index contributed by atoms with van der Waals surface area (Å²) in [6.07, 6.45) is 0.128. The third kappa shape index (κ3) is 6.69. The molecule has 3 aromatic carbocycles. The van der Waals surface area contributed by atoms with Crippen LogP contribution in [0.2, 0.25) is 0 Å². The molecule has 0 aromatic heterocycles. The van der Waals surface area contributed by atoms with Gasteiger partial charge < -0.3 is 14.8 Å². The molecule has 0 bridgehead atoms. The highest BCUT2D eigenvalue weighted by Crippen LogP contribution is 2.30. The summed E-state index contributed by atoms with van der Waals surface area (Å²) < 4.78 is 51.8. The molecular weight excluding hydrogens is 447 g/mol. The second kappa shape index (κ2) is 10.4. The minimum Gasteiger partial charge on any atom is -0.495 e. The van der Waals surface area contributed by atoms with E-state index in [0.717, 1.165) is 29.8 Å². The standard InChI is InChI=1S/C24H25FN2O5S/c1-16(2)32-20-6-4-5-17(13-20)14-24(28)26-19-9-12-23(31-3)22(15-19)27-33(29,30)21-10-7-18(25)8-11-21/h4-13,15-16,27H,14H2,1-3H3,(H,26,28). The zero-order valence-corrected chi connectivity index (χ0v) is 19.3. The maximum absolute atomic E-state index is 13.1. The summed E-state index contributed by atoms with van der Waals surface area (Å²) in [6, 6.07) is 16.3. The maximum atomic E-state index is 13.1. The Bertz CT molecular complexity index is 1230. The van der Waals surface area contributed by atoms with E-state index in [1.54, 1.807) is 12.1 Å². The lowest BCUT2D eigenvalue weighted by molar-refractivity contribution is -0.115. The summed E-state index contributed by atoms with van der Waals surface area (Å²) >= 11 is 0. The molecule has 9 heteroatoms. The molecule has 0 atom stereocenters. The third-order valence-corrected chi connectivity index (χ3v) is 5.87. The highest BCUT2D eigenvalue weighted by Gasteiger charge is 2.17. The molecule has 33 heavy (non-hydrogen) atoms. The first kappa shape index (κ1) is 24.1. The Morgan fingerprint density at radius 1 is 1.03 bits per heavy atom. The summed E-state index contributed by atoms with van der Waals surface area (Å²) in [7, 11) is -2.60. The minimum atomic E-state index is -3.99. The van der Waals surface area contributed by atoms with Crippen LogP contribution in [0.5, 0.6) is 11.5 Å². The zero-order chi connectivity index (χ0) is 24.0. The SMILES string of the molecule is COc1ccc(NC(=O)Cc2cccc(OC(C)C)c2)cc1NS(=O)(=O)c1ccc(F)cc1. The molecule has 174 valence electrons. The maximum Gasteiger partial charge on any atom is 0.262 e. The lowest BCUT2D eigenvalue weighted by Crippen LogP contribution is -2.16. The van der Waals surface area contributed by atoms with Crippen LogP contribution < -0.4 is 19.5 Å². The van der Waals surface area contributed by atoms with E-state index in [1.165, 1.54) is 19.2 Å². The number of carbonyl (C=O) groups excluding carboxylic acids is 1. The summed E-state index contributed by atoms with van der Waals surface area (Å²) in [4.78, 5) is 12.5. The molecule has 0 unspecified atom stereocenters. The van der Waals surface area contributed by atoms with Gasteiger partial charge in [0.2, 0.25) is 5.91 Å². The van der Waals surface area contributed by atoms with Crippen LogP contribution in [-0.4, -0.2) is 27.5 Å². The average molecular weight is 473 g/mol. The lowest BCUT2D eigenvalue weighted by atomic mass is 10.1. The Kier molecular flexibility index (Phi) is 7.55. The van der Waals surface area contributed by atoms with Crippen molar-refractivity contribution in [3.05, 3.63) is 78.1 Å². The first-order valence-corrected chi connectivity index (χ1v) is 11.7. The van der Waals surface area contributed by atoms with Crippen LogP contribution in [0.4, 0.5) is 15.8 Å². The fraction of sp³-hybridized carbons (Fsp3) is 0.208. The minimum absolute atomic E-state index is 0.0190. The van der Waals surface area contributed by atoms with Gasteiger partial charge in [-0.3, -0.25) is 9.52 Å². The van der Waals surface area contributed by atoms with Crippen LogP contribution >= 0.6 is 0 Å². The van der Waals surface area contributed by atoms with E-state index in [4.69, 9.17) is 9.47 Å². The van der Waals surface area contributed by atoms with Gasteiger partial charge in [0.15, 0.2) is 0 Å². The highest BCUT2D eigenvalue weighted by molar-refractivity contribution is 7.92. The number of halogens is 1. The molecule has 0 heterocycles. The van der Waals surface area contributed by atoms with Crippen LogP contribution in [0.3, 0.4) is 0 Å². The molecular formula is C24H25FN2O5S. The predicted molar refractivity (Wildman–Crippen MR) is 125 cm³/mol. The summed E-state index contributed by atoms with van der Waals surface area (Å²) in [6.45, 7) is 3.84. The van der Waals surface area contributed by atoms with E-state index in [0.29, 0.717) is 11.4 Å². The second-order valence-electron chi connectivity index (χ2n) is 7.51. The van der Waals surface area contributed by atoms with E-state index in [-0.39, 0.29) is 34.8 Å². The van der Waals surface area contributed by atoms with E-state index in [1.807, 2.05) is 32.0 Å². The van der Waals surface area contributed by atoms with Crippen molar-refractivity contribution in [3.63, 3.8) is 0 Å². The van der Waals surface area contributed by atoms with Crippen molar-refractivity contribution in [1.82, 2.24) is 0 Å². The van der Waals surface area contributed by atoms with E-state index < -0.39 is 15.8 Å². The van der Waals surface area contributed by atoms with Crippen LogP contribution in [-0.2, 0) is 21.2 Å². The quantitative estimate of drug-likeness (QED) is 0.475. The van der Waals surface area contributed by atoms with Crippen molar-refractivity contribution in [1.29, 1.82) is 0 Å². The molecule has 3 aromatic rings. The number of carbonyl (C=O) groups is 1. The van der Waals surface area contributed by atoms with Crippen LogP contribution in [0.15, 0.2) is 71.6 Å². The Morgan fingerprint density at radius 3 is 2.42 bits per heavy atom. The molecule has 0 radical (unpaired) electrons. The van der Waals surface area contributed by atoms with Crippen molar-refractivity contribution in [3.8, 4) is 11.5 Å². The number of benzene rings is 3. The predicted octanol–water partition coefficient (Wildman–Crippen LogP) is 4.60. The van der Waals surface area contributed by atoms with Crippen molar-refractivity contribution >= 4 is 27.3 Å². The van der Waals surface area contributed by atoms with Crippen LogP contribution in [0, 0.1) is 5.82 Å². The van der Waals surface area contributed by atoms with Gasteiger partial charge in [0, 0.05) is 5.69 Å². The van der Waals surface area contributed by atoms with Crippen molar-refractivity contribution < 1.29 is 27.1 Å². The number of nitrogens with one attached hydrogen (secondary N) is 2. The summed E-state index contributed by atoms with van der Waals surface area (Å²) in [5.74, 6) is 0.112. The van der Waals surface area contributed by atoms with Gasteiger partial charge in [-0.2, -0.15) is 0 Å². The van der Waals surface area contributed by atoms with Crippen molar-refractivity contribution in [2.75, 3.05) is 17.1 Å². The van der Waals surface area contributed by atoms with Gasteiger partial charge in [0.05, 0.1) is 30.2 Å². The zero-order valence-electron chi connectivity index (χ0n) is 18.5. The number of hydrogen-bond donors (Lipinski definition) is 2. The molecule has 7 nitrogen and oxygen atoms in total. The fourth-order valence-corrected chi connectivity index (χ4v) is 4.14. The topological polar surface area (TPSA) is 93.7 Å². The molecule has 0 spiro atoms. The van der Waals surface area contributed by atoms with Gasteiger partial charge in [-0.25, -0.2) is 12.8 Å². The number of hydrogen-bond acceptors (Lipinski definition) is 5. The van der Waals surface area contributed by atoms with Crippen LogP contribution in [0.25, 0.3) is 0 Å². The van der Waals surface area contributed by atoms with Crippen molar-refractivity contribution in [2.24, 2.45) is 0 Å². The van der Waals surface area contributed by atoms with Crippen LogP contribution in [0.1, 0.15) is 19.4 Å². The second-order valence-corrected chi connectivity index (χ2v) is 9.20. The third-order valence-electron chi connectivity index (χ3n) is 4.49. The molecule has 0 aliphatic carbocycles. The molecule has 0 fully saturated rings. The van der Waals surface area contributed by atoms with Gasteiger partial charge >= 0.3 is 0 Å². The monoisotopic (exact) mass is 472 g/mol. The Hall–Kier alpha value is -3.59. The van der Waals surface area contributed by atoms with E-state index >= 15 is 0 Å². The van der Waals surface area contributed by atoms with Gasteiger partial charge in [-0.15, -0.1) is 0 Å². The number of ether oxygens (including phenoxy) is 2. The summed E-state index contributed by atoms with van der Waals surface area (Å²) in [5.41, 5.74) is 1.29. The number of methoxy groups -OCH3 is 1. The van der Waals surface area contributed by atoms with E-state index in [2.05, 4.69) is 10.0 Å². The van der Waals surface area contributed by atoms with Gasteiger partial charge in [-0.05, 0) is 74.0 Å². The number of sulfonamides is 1. The normalized spacial score (nSPS) is 11.2. The van der Waals surface area contributed by atoms with Gasteiger partial charge in [0.25, 0.3) is 10.0 Å². The molecule has 1 amide bonds.